The number of H-pyrrole nitrogens is 1. The van der Waals surface area contributed by atoms with Crippen LogP contribution in [0.5, 0.6) is 11.5 Å². The van der Waals surface area contributed by atoms with E-state index in [-0.39, 0.29) is 64.5 Å². The molecule has 14 nitrogen and oxygen atoms in total. The summed E-state index contributed by atoms with van der Waals surface area (Å²) in [4.78, 5) is 23.7. The monoisotopic (exact) mass is 1660 g/mol. The zero-order valence-corrected chi connectivity index (χ0v) is 65.5. The Bertz CT molecular complexity index is 3890. The standard InChI is InChI=1S/C17H24BFO4.C15H19BrN2O2.C11H12BrFO2.C10H12BrFO.C10H10BrFO.C10H11BrN2/c1-16(2)17(3,4)23-18(22-16)12-5-6-15(14(19)11-12)21-13-7-9-20-10-8-13;1-9(2)13-11-7-6-10(16)8-12(11)18(17-13)14(19)20-15(3,4)5;12-8-1-2-11(10(13)7-8)15-9-3-5-14-6-4-9;2*1-6(2)10(13)8-4-3-7(11)5-9(8)12;1-6(2)10-8-4-3-7(11)5-9(8)12-13-10/h5-6,11,13H,7-10H2,1-4H3;6-9H,1-5H3;1-2,7,9H,3-6H2;3-6,10,13H,1-2H3;3-6H,1-2H3;3-6H,1-2H3,(H,12,13). The fourth-order valence-electron chi connectivity index (χ4n) is 9.79. The van der Waals surface area contributed by atoms with Crippen LogP contribution in [-0.4, -0.2) is 99.5 Å². The number of aliphatic hydroxyl groups excluding tert-OH is 1. The zero-order valence-electron chi connectivity index (χ0n) is 57.5. The molecule has 11 rings (SSSR count). The lowest BCUT2D eigenvalue weighted by Crippen LogP contribution is -2.41. The minimum absolute atomic E-state index is 0.0148. The maximum Gasteiger partial charge on any atom is 0.494 e. The molecule has 3 aliphatic rings. The molecule has 1 atom stereocenters. The summed E-state index contributed by atoms with van der Waals surface area (Å²) in [6.07, 6.45) is 2.15. The highest BCUT2D eigenvalue weighted by atomic mass is 79.9. The Morgan fingerprint density at radius 2 is 1.07 bits per heavy atom. The topological polar surface area (TPSA) is 165 Å². The van der Waals surface area contributed by atoms with Gasteiger partial charge in [-0.25, -0.2) is 22.4 Å². The molecule has 0 amide bonds. The Labute approximate surface area is 610 Å². The average molecular weight is 1670 g/mol. The minimum atomic E-state index is -0.729. The number of aromatic amines is 1. The molecule has 0 radical (unpaired) electrons. The first-order chi connectivity index (χ1) is 45.4. The fraction of sp³-hybridized carbons (Fsp3) is 0.452. The molecule has 0 saturated carbocycles. The Balaban J connectivity index is 0.000000187. The molecular weight excluding hydrogens is 1580 g/mol. The lowest BCUT2D eigenvalue weighted by atomic mass is 9.79. The fourth-order valence-corrected chi connectivity index (χ4v) is 11.5. The number of Topliss-reactive ketones (excluding diaryl/α,β-unsaturated/α-hetero) is 1. The van der Waals surface area contributed by atoms with E-state index in [2.05, 4.69) is 129 Å². The molecule has 5 heterocycles. The van der Waals surface area contributed by atoms with Crippen LogP contribution in [0.15, 0.2) is 132 Å². The number of ether oxygens (including phenoxy) is 5. The maximum atomic E-state index is 14.4. The number of ketones is 1. The van der Waals surface area contributed by atoms with Gasteiger partial charge < -0.3 is 38.1 Å². The smallest absolute Gasteiger partial charge is 0.487 e. The molecule has 0 bridgehead atoms. The number of aliphatic hydroxyl groups is 1. The van der Waals surface area contributed by atoms with Gasteiger partial charge in [0.2, 0.25) is 0 Å². The number of hydrogen-bond donors (Lipinski definition) is 2. The van der Waals surface area contributed by atoms with Gasteiger partial charge in [0.1, 0.15) is 29.4 Å². The molecule has 97 heavy (non-hydrogen) atoms. The molecule has 8 aromatic rings. The van der Waals surface area contributed by atoms with Gasteiger partial charge in [-0.2, -0.15) is 14.9 Å². The zero-order chi connectivity index (χ0) is 71.9. The number of nitrogens with one attached hydrogen (secondary N) is 1. The third-order valence-electron chi connectivity index (χ3n) is 15.8. The van der Waals surface area contributed by atoms with Crippen molar-refractivity contribution in [3.05, 3.63) is 177 Å². The van der Waals surface area contributed by atoms with Crippen LogP contribution in [0.4, 0.5) is 22.4 Å². The van der Waals surface area contributed by atoms with Crippen molar-refractivity contribution in [3.8, 4) is 11.5 Å². The van der Waals surface area contributed by atoms with Crippen molar-refractivity contribution >= 4 is 126 Å². The van der Waals surface area contributed by atoms with Crippen LogP contribution in [0, 0.1) is 35.1 Å². The van der Waals surface area contributed by atoms with Crippen LogP contribution in [0.3, 0.4) is 0 Å². The number of fused-ring (bicyclic) bond motifs is 2. The van der Waals surface area contributed by atoms with E-state index >= 15 is 0 Å². The van der Waals surface area contributed by atoms with E-state index in [1.54, 1.807) is 56.3 Å². The van der Waals surface area contributed by atoms with Gasteiger partial charge in [-0.15, -0.1) is 0 Å². The lowest BCUT2D eigenvalue weighted by molar-refractivity contribution is 0.00578. The van der Waals surface area contributed by atoms with Crippen LogP contribution in [0.25, 0.3) is 21.8 Å². The van der Waals surface area contributed by atoms with Crippen LogP contribution in [-0.2, 0) is 23.5 Å². The average Bonchev–Trinajstić information content (AvgIpc) is 1.64. The molecule has 3 aliphatic heterocycles. The molecule has 2 N–H and O–H groups in total. The minimum Gasteiger partial charge on any atom is -0.487 e. The normalized spacial score (nSPS) is 15.7. The summed E-state index contributed by atoms with van der Waals surface area (Å²) in [6, 6.07) is 30.9. The summed E-state index contributed by atoms with van der Waals surface area (Å²) < 4.78 is 98.8. The Morgan fingerprint density at radius 1 is 0.608 bits per heavy atom. The summed E-state index contributed by atoms with van der Waals surface area (Å²) in [7, 11) is -0.563. The predicted molar refractivity (Wildman–Crippen MR) is 393 cm³/mol. The van der Waals surface area contributed by atoms with Crippen molar-refractivity contribution in [2.75, 3.05) is 26.4 Å². The number of nitrogens with zero attached hydrogens (tertiary/aromatic N) is 3. The molecular formula is C73H88BBr5F4N4O10. The molecule has 526 valence electrons. The molecule has 0 aliphatic carbocycles. The number of hydrogen-bond acceptors (Lipinski definition) is 12. The van der Waals surface area contributed by atoms with E-state index in [0.29, 0.717) is 58.1 Å². The van der Waals surface area contributed by atoms with E-state index in [1.165, 1.54) is 46.1 Å². The number of rotatable bonds is 11. The van der Waals surface area contributed by atoms with Gasteiger partial charge in [-0.3, -0.25) is 9.89 Å². The van der Waals surface area contributed by atoms with Crippen molar-refractivity contribution in [2.24, 2.45) is 11.8 Å². The van der Waals surface area contributed by atoms with Crippen LogP contribution < -0.4 is 14.9 Å². The number of carbonyl (C=O) groups excluding carboxylic acids is 2. The summed E-state index contributed by atoms with van der Waals surface area (Å²) in [5.74, 6) is -0.518. The van der Waals surface area contributed by atoms with Crippen LogP contribution >= 0.6 is 79.6 Å². The molecule has 2 aromatic heterocycles. The van der Waals surface area contributed by atoms with E-state index in [9.17, 15) is 32.3 Å². The van der Waals surface area contributed by atoms with Gasteiger partial charge >= 0.3 is 13.2 Å². The number of aromatic nitrogens is 4. The Kier molecular flexibility index (Phi) is 30.5. The van der Waals surface area contributed by atoms with Crippen molar-refractivity contribution in [1.29, 1.82) is 0 Å². The highest BCUT2D eigenvalue weighted by molar-refractivity contribution is 9.11. The first-order valence-corrected chi connectivity index (χ1v) is 36.2. The molecule has 1 unspecified atom stereocenters. The molecule has 0 spiro atoms. The van der Waals surface area contributed by atoms with Gasteiger partial charge in [0, 0.05) is 76.0 Å². The van der Waals surface area contributed by atoms with Gasteiger partial charge in [-0.05, 0) is 169 Å². The van der Waals surface area contributed by atoms with Gasteiger partial charge in [0.05, 0.1) is 66.0 Å². The van der Waals surface area contributed by atoms with Gasteiger partial charge in [0.25, 0.3) is 0 Å². The molecule has 3 fully saturated rings. The lowest BCUT2D eigenvalue weighted by Gasteiger charge is -2.32. The highest BCUT2D eigenvalue weighted by Crippen LogP contribution is 2.37. The van der Waals surface area contributed by atoms with Crippen molar-refractivity contribution < 1.29 is 65.3 Å². The SMILES string of the molecule is CC(C)C(=O)c1ccc(Br)cc1F.CC(C)C(O)c1ccc(Br)cc1F.CC(C)c1[nH]nc2cc(Br)ccc12.CC(C)c1nn(C(=O)OC(C)(C)C)c2cc(Br)ccc12.CC1(C)OB(c2ccc(OC3CCOCC3)c(F)c2)OC1(C)C.Fc1cc(Br)ccc1OC1CCOCC1. The third-order valence-corrected chi connectivity index (χ3v) is 18.3. The molecule has 24 heteroatoms. The number of carbonyl (C=O) groups is 2. The van der Waals surface area contributed by atoms with E-state index in [1.807, 2.05) is 92.6 Å². The maximum absolute atomic E-state index is 14.4. The summed E-state index contributed by atoms with van der Waals surface area (Å²) >= 11 is 16.4. The number of halogens is 9. The first-order valence-electron chi connectivity index (χ1n) is 32.2. The second-order valence-corrected chi connectivity index (χ2v) is 31.3. The van der Waals surface area contributed by atoms with Gasteiger partial charge in [-0.1, -0.05) is 147 Å². The second kappa shape index (κ2) is 36.5. The predicted octanol–water partition coefficient (Wildman–Crippen LogP) is 20.7. The summed E-state index contributed by atoms with van der Waals surface area (Å²) in [6.45, 7) is 31.8. The molecule has 6 aromatic carbocycles. The van der Waals surface area contributed by atoms with E-state index < -0.39 is 41.9 Å². The first kappa shape index (κ1) is 81.0. The van der Waals surface area contributed by atoms with Crippen LogP contribution in [0.1, 0.15) is 175 Å². The molecule has 3 saturated heterocycles. The van der Waals surface area contributed by atoms with Gasteiger partial charge in [0.15, 0.2) is 28.9 Å². The van der Waals surface area contributed by atoms with Crippen molar-refractivity contribution in [1.82, 2.24) is 20.0 Å². The third kappa shape index (κ3) is 23.8. The summed E-state index contributed by atoms with van der Waals surface area (Å²) in [5, 5.41) is 23.6. The summed E-state index contributed by atoms with van der Waals surface area (Å²) in [5.41, 5.74) is 3.67. The highest BCUT2D eigenvalue weighted by Gasteiger charge is 2.52. The van der Waals surface area contributed by atoms with Crippen molar-refractivity contribution in [3.63, 3.8) is 0 Å². The Hall–Kier alpha value is -5.02. The van der Waals surface area contributed by atoms with E-state index in [4.69, 9.17) is 33.0 Å². The van der Waals surface area contributed by atoms with Crippen LogP contribution in [0.2, 0.25) is 0 Å². The second-order valence-electron chi connectivity index (χ2n) is 26.8. The Morgan fingerprint density at radius 3 is 1.55 bits per heavy atom. The number of benzene rings is 6. The quantitative estimate of drug-likeness (QED) is 0.0716. The van der Waals surface area contributed by atoms with Crippen molar-refractivity contribution in [2.45, 2.75) is 176 Å². The van der Waals surface area contributed by atoms with E-state index in [0.717, 1.165) is 61.2 Å². The largest absolute Gasteiger partial charge is 0.494 e.